The number of benzene rings is 1. The van der Waals surface area contributed by atoms with E-state index in [2.05, 4.69) is 33.9 Å². The third-order valence-electron chi connectivity index (χ3n) is 3.91. The summed E-state index contributed by atoms with van der Waals surface area (Å²) < 4.78 is 17.1. The van der Waals surface area contributed by atoms with E-state index in [4.69, 9.17) is 13.9 Å². The van der Waals surface area contributed by atoms with Gasteiger partial charge in [0.2, 0.25) is 14.6 Å². The van der Waals surface area contributed by atoms with Gasteiger partial charge >= 0.3 is 0 Å². The maximum atomic E-state index is 6.22. The first kappa shape index (κ1) is 14.4. The molecule has 1 heterocycles. The second-order valence-corrected chi connectivity index (χ2v) is 11.4. The Morgan fingerprint density at radius 2 is 1.53 bits per heavy atom. The molecule has 106 valence electrons. The van der Waals surface area contributed by atoms with E-state index < -0.39 is 8.32 Å². The van der Waals surface area contributed by atoms with Crippen LogP contribution in [0.5, 0.6) is 11.5 Å². The molecule has 1 saturated heterocycles. The van der Waals surface area contributed by atoms with Crippen molar-refractivity contribution in [1.82, 2.24) is 0 Å². The summed E-state index contributed by atoms with van der Waals surface area (Å²) in [6.45, 7) is 13.2. The Morgan fingerprint density at radius 3 is 1.95 bits per heavy atom. The average Bonchev–Trinajstić information content (AvgIpc) is 2.95. The molecule has 0 aliphatic carbocycles. The zero-order valence-electron chi connectivity index (χ0n) is 12.7. The van der Waals surface area contributed by atoms with Crippen molar-refractivity contribution >= 4 is 8.32 Å². The molecule has 0 N–H and O–H groups in total. The molecule has 1 aliphatic heterocycles. The van der Waals surface area contributed by atoms with Crippen molar-refractivity contribution in [1.29, 1.82) is 0 Å². The smallest absolute Gasteiger partial charge is 0.250 e. The van der Waals surface area contributed by atoms with Gasteiger partial charge in [-0.3, -0.25) is 0 Å². The topological polar surface area (TPSA) is 31.0 Å². The van der Waals surface area contributed by atoms with Crippen LogP contribution in [0.2, 0.25) is 18.1 Å². The standard InChI is InChI=1S/C15H24O3Si/c1-11-14(16-11)17-12-7-9-13(10-8-12)18-19(5,6)15(2,3)4/h7-11,14H,1-6H3/t11-,14?/m0/s1. The van der Waals surface area contributed by atoms with Gasteiger partial charge in [0.1, 0.15) is 17.6 Å². The molecular weight excluding hydrogens is 256 g/mol. The summed E-state index contributed by atoms with van der Waals surface area (Å²) in [5.74, 6) is 1.75. The van der Waals surface area contributed by atoms with Gasteiger partial charge in [0.25, 0.3) is 0 Å². The molecule has 3 nitrogen and oxygen atoms in total. The van der Waals surface area contributed by atoms with E-state index in [1.54, 1.807) is 0 Å². The van der Waals surface area contributed by atoms with Gasteiger partial charge in [-0.1, -0.05) is 20.8 Å². The Hall–Kier alpha value is -1.00. The molecule has 0 saturated carbocycles. The van der Waals surface area contributed by atoms with Crippen molar-refractivity contribution in [2.45, 2.75) is 58.2 Å². The van der Waals surface area contributed by atoms with Crippen LogP contribution in [0.3, 0.4) is 0 Å². The van der Waals surface area contributed by atoms with E-state index in [1.807, 2.05) is 31.2 Å². The minimum atomic E-state index is -1.76. The van der Waals surface area contributed by atoms with Crippen molar-refractivity contribution in [3.8, 4) is 11.5 Å². The molecule has 1 unspecified atom stereocenters. The van der Waals surface area contributed by atoms with Crippen LogP contribution < -0.4 is 9.16 Å². The summed E-state index contributed by atoms with van der Waals surface area (Å²) in [7, 11) is -1.76. The summed E-state index contributed by atoms with van der Waals surface area (Å²) in [5, 5.41) is 0.208. The normalized spacial score (nSPS) is 23.1. The summed E-state index contributed by atoms with van der Waals surface area (Å²) in [6.07, 6.45) is 0.135. The van der Waals surface area contributed by atoms with E-state index in [0.29, 0.717) is 0 Å². The molecule has 0 spiro atoms. The lowest BCUT2D eigenvalue weighted by Gasteiger charge is -2.36. The zero-order chi connectivity index (χ0) is 14.3. The van der Waals surface area contributed by atoms with Gasteiger partial charge in [-0.05, 0) is 49.3 Å². The fourth-order valence-electron chi connectivity index (χ4n) is 1.46. The van der Waals surface area contributed by atoms with Crippen molar-refractivity contribution in [3.63, 3.8) is 0 Å². The lowest BCUT2D eigenvalue weighted by atomic mass is 10.2. The Labute approximate surface area is 117 Å². The van der Waals surface area contributed by atoms with Crippen LogP contribution in [0, 0.1) is 0 Å². The second kappa shape index (κ2) is 4.83. The summed E-state index contributed by atoms with van der Waals surface area (Å²) in [5.41, 5.74) is 0. The molecule has 4 heteroatoms. The van der Waals surface area contributed by atoms with Crippen molar-refractivity contribution in [3.05, 3.63) is 24.3 Å². The Balaban J connectivity index is 1.98. The van der Waals surface area contributed by atoms with Gasteiger partial charge in [0.05, 0.1) is 0 Å². The van der Waals surface area contributed by atoms with Gasteiger partial charge in [-0.25, -0.2) is 0 Å². The fraction of sp³-hybridized carbons (Fsp3) is 0.600. The zero-order valence-corrected chi connectivity index (χ0v) is 13.7. The summed E-state index contributed by atoms with van der Waals surface area (Å²) in [4.78, 5) is 0. The molecular formula is C15H24O3Si. The summed E-state index contributed by atoms with van der Waals surface area (Å²) >= 11 is 0. The Kier molecular flexibility index (Phi) is 3.67. The number of ether oxygens (including phenoxy) is 2. The van der Waals surface area contributed by atoms with Crippen LogP contribution in [0.15, 0.2) is 24.3 Å². The largest absolute Gasteiger partial charge is 0.543 e. The molecule has 1 aliphatic rings. The molecule has 0 aromatic heterocycles. The van der Waals surface area contributed by atoms with Gasteiger partial charge in [-0.2, -0.15) is 0 Å². The van der Waals surface area contributed by atoms with Crippen LogP contribution in [0.4, 0.5) is 0 Å². The van der Waals surface area contributed by atoms with E-state index in [0.717, 1.165) is 11.5 Å². The Bertz CT molecular complexity index is 434. The minimum absolute atomic E-state index is 0.0767. The maximum Gasteiger partial charge on any atom is 0.250 e. The minimum Gasteiger partial charge on any atom is -0.543 e. The highest BCUT2D eigenvalue weighted by atomic mass is 28.4. The third-order valence-corrected chi connectivity index (χ3v) is 8.27. The molecule has 0 radical (unpaired) electrons. The van der Waals surface area contributed by atoms with E-state index >= 15 is 0 Å². The second-order valence-electron chi connectivity index (χ2n) is 6.66. The lowest BCUT2D eigenvalue weighted by molar-refractivity contribution is 0.178. The molecule has 1 aromatic rings. The highest BCUT2D eigenvalue weighted by Gasteiger charge is 2.39. The summed E-state index contributed by atoms with van der Waals surface area (Å²) in [6, 6.07) is 7.83. The Morgan fingerprint density at radius 1 is 1.05 bits per heavy atom. The van der Waals surface area contributed by atoms with Gasteiger partial charge in [0.15, 0.2) is 0 Å². The van der Waals surface area contributed by atoms with Crippen LogP contribution in [0.25, 0.3) is 0 Å². The monoisotopic (exact) mass is 280 g/mol. The number of hydrogen-bond acceptors (Lipinski definition) is 3. The first-order valence-electron chi connectivity index (χ1n) is 6.80. The molecule has 0 bridgehead atoms. The molecule has 19 heavy (non-hydrogen) atoms. The van der Waals surface area contributed by atoms with Crippen molar-refractivity contribution < 1.29 is 13.9 Å². The number of hydrogen-bond donors (Lipinski definition) is 0. The van der Waals surface area contributed by atoms with E-state index in [1.165, 1.54) is 0 Å². The SMILES string of the molecule is C[C@@H]1OC1Oc1ccc(O[Si](C)(C)C(C)(C)C)cc1. The van der Waals surface area contributed by atoms with Crippen LogP contribution in [0.1, 0.15) is 27.7 Å². The van der Waals surface area contributed by atoms with Gasteiger partial charge in [0, 0.05) is 0 Å². The first-order valence-corrected chi connectivity index (χ1v) is 9.71. The number of epoxide rings is 1. The van der Waals surface area contributed by atoms with Crippen LogP contribution in [-0.2, 0) is 4.74 Å². The van der Waals surface area contributed by atoms with Crippen LogP contribution >= 0.6 is 0 Å². The third kappa shape index (κ3) is 3.51. The van der Waals surface area contributed by atoms with Crippen molar-refractivity contribution in [2.24, 2.45) is 0 Å². The van der Waals surface area contributed by atoms with Crippen molar-refractivity contribution in [2.75, 3.05) is 0 Å². The molecule has 0 amide bonds. The number of rotatable bonds is 4. The molecule has 2 rings (SSSR count). The molecule has 2 atom stereocenters. The highest BCUT2D eigenvalue weighted by Crippen LogP contribution is 2.37. The quantitative estimate of drug-likeness (QED) is 0.612. The first-order chi connectivity index (χ1) is 8.69. The van der Waals surface area contributed by atoms with Gasteiger partial charge < -0.3 is 13.9 Å². The lowest BCUT2D eigenvalue weighted by Crippen LogP contribution is -2.43. The molecule has 1 fully saturated rings. The maximum absolute atomic E-state index is 6.22. The molecule has 1 aromatic carbocycles. The highest BCUT2D eigenvalue weighted by molar-refractivity contribution is 6.74. The fourth-order valence-corrected chi connectivity index (χ4v) is 2.49. The van der Waals surface area contributed by atoms with E-state index in [-0.39, 0.29) is 17.4 Å². The average molecular weight is 280 g/mol. The van der Waals surface area contributed by atoms with Crippen LogP contribution in [-0.4, -0.2) is 20.7 Å². The van der Waals surface area contributed by atoms with Gasteiger partial charge in [-0.15, -0.1) is 0 Å². The van der Waals surface area contributed by atoms with E-state index in [9.17, 15) is 0 Å². The predicted molar refractivity (Wildman–Crippen MR) is 79.2 cm³/mol. The predicted octanol–water partition coefficient (Wildman–Crippen LogP) is 4.19.